The van der Waals surface area contributed by atoms with Gasteiger partial charge in [0.25, 0.3) is 5.91 Å². The van der Waals surface area contributed by atoms with E-state index in [4.69, 9.17) is 4.74 Å². The van der Waals surface area contributed by atoms with Crippen molar-refractivity contribution in [1.82, 2.24) is 5.32 Å². The molecule has 0 fully saturated rings. The molecule has 3 nitrogen and oxygen atoms in total. The van der Waals surface area contributed by atoms with Crippen molar-refractivity contribution in [3.05, 3.63) is 64.1 Å². The zero-order valence-corrected chi connectivity index (χ0v) is 13.0. The zero-order chi connectivity index (χ0) is 14.5. The minimum atomic E-state index is -0.132. The van der Waals surface area contributed by atoms with Gasteiger partial charge in [-0.05, 0) is 46.6 Å². The van der Waals surface area contributed by atoms with Crippen LogP contribution in [0.3, 0.4) is 0 Å². The summed E-state index contributed by atoms with van der Waals surface area (Å²) in [4.78, 5) is 12.3. The quantitative estimate of drug-likeness (QED) is 0.919. The predicted molar refractivity (Wildman–Crippen MR) is 83.0 cm³/mol. The molecule has 0 aliphatic carbocycles. The number of carbonyl (C=O) groups is 1. The summed E-state index contributed by atoms with van der Waals surface area (Å²) in [5.74, 6) is 0.526. The molecule has 2 rings (SSSR count). The number of ether oxygens (including phenoxy) is 1. The number of amides is 1. The number of rotatable bonds is 4. The van der Waals surface area contributed by atoms with Gasteiger partial charge in [0.15, 0.2) is 0 Å². The van der Waals surface area contributed by atoms with Crippen LogP contribution in [0.25, 0.3) is 0 Å². The van der Waals surface area contributed by atoms with Crippen molar-refractivity contribution in [3.8, 4) is 5.75 Å². The summed E-state index contributed by atoms with van der Waals surface area (Å²) in [7, 11) is 1.58. The van der Waals surface area contributed by atoms with Gasteiger partial charge in [-0.25, -0.2) is 0 Å². The first-order chi connectivity index (χ1) is 9.61. The molecular weight excluding hydrogens is 318 g/mol. The molecule has 0 aromatic heterocycles. The van der Waals surface area contributed by atoms with Crippen LogP contribution in [0.2, 0.25) is 0 Å². The number of carbonyl (C=O) groups excluding carboxylic acids is 1. The van der Waals surface area contributed by atoms with Crippen molar-refractivity contribution in [1.29, 1.82) is 0 Å². The Bertz CT molecular complexity index is 599. The summed E-state index contributed by atoms with van der Waals surface area (Å²) in [6, 6.07) is 15.1. The normalized spacial score (nSPS) is 11.8. The Hall–Kier alpha value is -1.81. The maximum atomic E-state index is 12.3. The second kappa shape index (κ2) is 6.57. The van der Waals surface area contributed by atoms with E-state index in [9.17, 15) is 4.79 Å². The lowest BCUT2D eigenvalue weighted by molar-refractivity contribution is 0.0938. The van der Waals surface area contributed by atoms with Crippen molar-refractivity contribution in [2.24, 2.45) is 0 Å². The van der Waals surface area contributed by atoms with E-state index in [0.717, 1.165) is 10.0 Å². The van der Waals surface area contributed by atoms with Crippen LogP contribution in [0.1, 0.15) is 28.9 Å². The van der Waals surface area contributed by atoms with Crippen LogP contribution in [-0.4, -0.2) is 13.0 Å². The van der Waals surface area contributed by atoms with E-state index in [-0.39, 0.29) is 11.9 Å². The van der Waals surface area contributed by atoms with Crippen LogP contribution < -0.4 is 10.1 Å². The summed E-state index contributed by atoms with van der Waals surface area (Å²) in [5.41, 5.74) is 1.63. The Morgan fingerprint density at radius 2 is 1.90 bits per heavy atom. The first-order valence-electron chi connectivity index (χ1n) is 6.31. The van der Waals surface area contributed by atoms with Gasteiger partial charge in [-0.15, -0.1) is 0 Å². The SMILES string of the molecule is COc1ccc(Br)c(C(=O)NC(C)c2ccccc2)c1. The van der Waals surface area contributed by atoms with Gasteiger partial charge >= 0.3 is 0 Å². The largest absolute Gasteiger partial charge is 0.497 e. The molecule has 2 aromatic carbocycles. The van der Waals surface area contributed by atoms with Gasteiger partial charge in [-0.3, -0.25) is 4.79 Å². The third-order valence-corrected chi connectivity index (χ3v) is 3.76. The highest BCUT2D eigenvalue weighted by atomic mass is 79.9. The summed E-state index contributed by atoms with van der Waals surface area (Å²) in [6.45, 7) is 1.96. The van der Waals surface area contributed by atoms with E-state index in [0.29, 0.717) is 11.3 Å². The molecule has 2 aromatic rings. The van der Waals surface area contributed by atoms with Crippen LogP contribution in [0, 0.1) is 0 Å². The van der Waals surface area contributed by atoms with Crippen LogP contribution in [-0.2, 0) is 0 Å². The highest BCUT2D eigenvalue weighted by Crippen LogP contribution is 2.23. The Morgan fingerprint density at radius 3 is 2.55 bits per heavy atom. The van der Waals surface area contributed by atoms with Crippen molar-refractivity contribution in [3.63, 3.8) is 0 Å². The van der Waals surface area contributed by atoms with Crippen LogP contribution in [0.5, 0.6) is 5.75 Å². The first-order valence-corrected chi connectivity index (χ1v) is 7.10. The van der Waals surface area contributed by atoms with E-state index in [2.05, 4.69) is 21.2 Å². The molecule has 1 unspecified atom stereocenters. The Balaban J connectivity index is 2.16. The average molecular weight is 334 g/mol. The second-order valence-corrected chi connectivity index (χ2v) is 5.31. The monoisotopic (exact) mass is 333 g/mol. The average Bonchev–Trinajstić information content (AvgIpc) is 2.48. The highest BCUT2D eigenvalue weighted by molar-refractivity contribution is 9.10. The molecule has 0 radical (unpaired) electrons. The number of nitrogens with one attached hydrogen (secondary N) is 1. The molecule has 0 aliphatic rings. The fourth-order valence-corrected chi connectivity index (χ4v) is 2.33. The predicted octanol–water partition coefficient (Wildman–Crippen LogP) is 3.95. The van der Waals surface area contributed by atoms with Gasteiger partial charge in [0.05, 0.1) is 18.7 Å². The Kier molecular flexibility index (Phi) is 4.79. The maximum absolute atomic E-state index is 12.3. The fraction of sp³-hybridized carbons (Fsp3) is 0.188. The number of benzene rings is 2. The molecule has 0 aliphatic heterocycles. The summed E-state index contributed by atoms with van der Waals surface area (Å²) in [6.07, 6.45) is 0. The number of hydrogen-bond donors (Lipinski definition) is 1. The maximum Gasteiger partial charge on any atom is 0.253 e. The molecule has 1 atom stereocenters. The van der Waals surface area contributed by atoms with Crippen LogP contribution in [0.4, 0.5) is 0 Å². The fourth-order valence-electron chi connectivity index (χ4n) is 1.90. The van der Waals surface area contributed by atoms with Crippen molar-refractivity contribution in [2.75, 3.05) is 7.11 Å². The van der Waals surface area contributed by atoms with E-state index < -0.39 is 0 Å². The Morgan fingerprint density at radius 1 is 1.20 bits per heavy atom. The van der Waals surface area contributed by atoms with Gasteiger partial charge in [-0.2, -0.15) is 0 Å². The van der Waals surface area contributed by atoms with Crippen molar-refractivity contribution >= 4 is 21.8 Å². The molecule has 20 heavy (non-hydrogen) atoms. The molecular formula is C16H16BrNO2. The Labute approximate surface area is 127 Å². The third-order valence-electron chi connectivity index (χ3n) is 3.07. The molecule has 4 heteroatoms. The van der Waals surface area contributed by atoms with Crippen molar-refractivity contribution < 1.29 is 9.53 Å². The van der Waals surface area contributed by atoms with Gasteiger partial charge in [0, 0.05) is 4.47 Å². The molecule has 0 saturated heterocycles. The third kappa shape index (κ3) is 3.39. The zero-order valence-electron chi connectivity index (χ0n) is 11.4. The number of hydrogen-bond acceptors (Lipinski definition) is 2. The lowest BCUT2D eigenvalue weighted by Gasteiger charge is -2.15. The molecule has 0 bridgehead atoms. The molecule has 1 amide bonds. The van der Waals surface area contributed by atoms with E-state index >= 15 is 0 Å². The molecule has 1 N–H and O–H groups in total. The van der Waals surface area contributed by atoms with Gasteiger partial charge < -0.3 is 10.1 Å². The summed E-state index contributed by atoms with van der Waals surface area (Å²) < 4.78 is 5.90. The highest BCUT2D eigenvalue weighted by Gasteiger charge is 2.14. The molecule has 0 heterocycles. The van der Waals surface area contributed by atoms with Gasteiger partial charge in [-0.1, -0.05) is 30.3 Å². The summed E-state index contributed by atoms with van der Waals surface area (Å²) >= 11 is 3.39. The smallest absolute Gasteiger partial charge is 0.253 e. The standard InChI is InChI=1S/C16H16BrNO2/c1-11(12-6-4-3-5-7-12)18-16(19)14-10-13(20-2)8-9-15(14)17/h3-11H,1-2H3,(H,18,19). The first kappa shape index (κ1) is 14.6. The van der Waals surface area contributed by atoms with E-state index in [1.807, 2.05) is 43.3 Å². The van der Waals surface area contributed by atoms with Crippen LogP contribution >= 0.6 is 15.9 Å². The van der Waals surface area contributed by atoms with E-state index in [1.54, 1.807) is 19.2 Å². The lowest BCUT2D eigenvalue weighted by Crippen LogP contribution is -2.26. The molecule has 0 saturated carbocycles. The topological polar surface area (TPSA) is 38.3 Å². The second-order valence-electron chi connectivity index (χ2n) is 4.45. The lowest BCUT2D eigenvalue weighted by atomic mass is 10.1. The summed E-state index contributed by atoms with van der Waals surface area (Å²) in [5, 5.41) is 2.98. The minimum Gasteiger partial charge on any atom is -0.497 e. The van der Waals surface area contributed by atoms with E-state index in [1.165, 1.54) is 0 Å². The van der Waals surface area contributed by atoms with Crippen LogP contribution in [0.15, 0.2) is 53.0 Å². The molecule has 104 valence electrons. The van der Waals surface area contributed by atoms with Gasteiger partial charge in [0.2, 0.25) is 0 Å². The number of halogens is 1. The molecule has 0 spiro atoms. The number of methoxy groups -OCH3 is 1. The van der Waals surface area contributed by atoms with Crippen molar-refractivity contribution in [2.45, 2.75) is 13.0 Å². The minimum absolute atomic E-state index is 0.0539. The van der Waals surface area contributed by atoms with Gasteiger partial charge in [0.1, 0.15) is 5.75 Å².